The molecule has 1 rings (SSSR count). The predicted octanol–water partition coefficient (Wildman–Crippen LogP) is 1.76. The van der Waals surface area contributed by atoms with E-state index in [-0.39, 0.29) is 5.60 Å². The summed E-state index contributed by atoms with van der Waals surface area (Å²) in [5, 5.41) is 0. The minimum absolute atomic E-state index is 0.0447. The van der Waals surface area contributed by atoms with Crippen molar-refractivity contribution in [2.24, 2.45) is 0 Å². The maximum Gasteiger partial charge on any atom is 0.114 e. The normalized spacial score (nSPS) is 20.8. The molecule has 11 heavy (non-hydrogen) atoms. The Balaban J connectivity index is 2.16. The van der Waals surface area contributed by atoms with E-state index in [0.717, 1.165) is 32.7 Å². The summed E-state index contributed by atoms with van der Waals surface area (Å²) in [5.74, 6) is 0. The summed E-state index contributed by atoms with van der Waals surface area (Å²) >= 11 is 0. The van der Waals surface area contributed by atoms with Gasteiger partial charge in [-0.3, -0.25) is 0 Å². The first kappa shape index (κ1) is 8.75. The number of hydrogen-bond donors (Lipinski definition) is 0. The van der Waals surface area contributed by atoms with Crippen molar-refractivity contribution in [2.75, 3.05) is 19.8 Å². The molecule has 0 N–H and O–H groups in total. The molecule has 2 heteroatoms. The zero-order chi connectivity index (χ0) is 8.16. The van der Waals surface area contributed by atoms with Crippen molar-refractivity contribution in [1.29, 1.82) is 0 Å². The molecule has 0 bridgehead atoms. The molecular formula is C9H16O2. The van der Waals surface area contributed by atoms with E-state index in [1.165, 1.54) is 0 Å². The zero-order valence-corrected chi connectivity index (χ0v) is 7.14. The molecule has 1 heterocycles. The van der Waals surface area contributed by atoms with E-state index >= 15 is 0 Å². The van der Waals surface area contributed by atoms with Crippen LogP contribution in [0, 0.1) is 0 Å². The average molecular weight is 156 g/mol. The fraction of sp³-hybridized carbons (Fsp3) is 0.778. The van der Waals surface area contributed by atoms with Gasteiger partial charge in [0.15, 0.2) is 0 Å². The Kier molecular flexibility index (Phi) is 3.09. The summed E-state index contributed by atoms with van der Waals surface area (Å²) in [5.41, 5.74) is 0.0447. The minimum atomic E-state index is 0.0447. The van der Waals surface area contributed by atoms with Gasteiger partial charge >= 0.3 is 0 Å². The fourth-order valence-corrected chi connectivity index (χ4v) is 1.08. The van der Waals surface area contributed by atoms with Crippen LogP contribution in [0.3, 0.4) is 0 Å². The van der Waals surface area contributed by atoms with Gasteiger partial charge in [0.05, 0.1) is 19.8 Å². The van der Waals surface area contributed by atoms with Crippen LogP contribution in [-0.2, 0) is 9.47 Å². The highest BCUT2D eigenvalue weighted by molar-refractivity contribution is 4.86. The summed E-state index contributed by atoms with van der Waals surface area (Å²) in [6.45, 7) is 8.08. The van der Waals surface area contributed by atoms with Gasteiger partial charge in [0, 0.05) is 0 Å². The van der Waals surface area contributed by atoms with Crippen molar-refractivity contribution in [3.8, 4) is 0 Å². The smallest absolute Gasteiger partial charge is 0.114 e. The molecule has 0 amide bonds. The van der Waals surface area contributed by atoms with Crippen molar-refractivity contribution in [2.45, 2.75) is 25.4 Å². The van der Waals surface area contributed by atoms with Crippen molar-refractivity contribution in [3.05, 3.63) is 12.7 Å². The molecule has 1 saturated heterocycles. The largest absolute Gasteiger partial charge is 0.375 e. The molecule has 0 saturated carbocycles. The highest BCUT2D eigenvalue weighted by Gasteiger charge is 2.37. The van der Waals surface area contributed by atoms with Crippen LogP contribution in [0.2, 0.25) is 0 Å². The van der Waals surface area contributed by atoms with E-state index < -0.39 is 0 Å². The van der Waals surface area contributed by atoms with Gasteiger partial charge < -0.3 is 9.47 Å². The molecule has 0 unspecified atom stereocenters. The SMILES string of the molecule is C=CCCOC1(CC)COC1. The van der Waals surface area contributed by atoms with Gasteiger partial charge in [0.25, 0.3) is 0 Å². The maximum absolute atomic E-state index is 5.66. The van der Waals surface area contributed by atoms with Gasteiger partial charge in [-0.2, -0.15) is 0 Å². The molecule has 1 aliphatic heterocycles. The van der Waals surface area contributed by atoms with E-state index in [1.807, 2.05) is 6.08 Å². The number of ether oxygens (including phenoxy) is 2. The first-order valence-corrected chi connectivity index (χ1v) is 4.15. The summed E-state index contributed by atoms with van der Waals surface area (Å²) in [6.07, 6.45) is 3.86. The minimum Gasteiger partial charge on any atom is -0.375 e. The van der Waals surface area contributed by atoms with Crippen LogP contribution in [0.25, 0.3) is 0 Å². The number of hydrogen-bond acceptors (Lipinski definition) is 2. The maximum atomic E-state index is 5.66. The Bertz CT molecular complexity index is 122. The average Bonchev–Trinajstić information content (AvgIpc) is 1.95. The second-order valence-electron chi connectivity index (χ2n) is 2.96. The van der Waals surface area contributed by atoms with Gasteiger partial charge in [-0.1, -0.05) is 13.0 Å². The lowest BCUT2D eigenvalue weighted by molar-refractivity contribution is -0.209. The molecule has 1 aliphatic rings. The lowest BCUT2D eigenvalue weighted by atomic mass is 9.99. The molecule has 0 radical (unpaired) electrons. The van der Waals surface area contributed by atoms with Gasteiger partial charge in [0.2, 0.25) is 0 Å². The molecule has 0 aromatic heterocycles. The predicted molar refractivity (Wildman–Crippen MR) is 44.6 cm³/mol. The Morgan fingerprint density at radius 1 is 1.64 bits per heavy atom. The quantitative estimate of drug-likeness (QED) is 0.446. The van der Waals surface area contributed by atoms with Crippen LogP contribution < -0.4 is 0 Å². The van der Waals surface area contributed by atoms with Crippen LogP contribution in [0.4, 0.5) is 0 Å². The van der Waals surface area contributed by atoms with E-state index in [1.54, 1.807) is 0 Å². The molecule has 0 aromatic rings. The van der Waals surface area contributed by atoms with Crippen LogP contribution in [0.15, 0.2) is 12.7 Å². The summed E-state index contributed by atoms with van der Waals surface area (Å²) in [6, 6.07) is 0. The molecule has 1 fully saturated rings. The van der Waals surface area contributed by atoms with Gasteiger partial charge in [0.1, 0.15) is 5.60 Å². The highest BCUT2D eigenvalue weighted by atomic mass is 16.6. The molecule has 0 aromatic carbocycles. The lowest BCUT2D eigenvalue weighted by Gasteiger charge is -2.40. The van der Waals surface area contributed by atoms with Gasteiger partial charge in [-0.05, 0) is 12.8 Å². The Morgan fingerprint density at radius 2 is 2.36 bits per heavy atom. The van der Waals surface area contributed by atoms with E-state index in [9.17, 15) is 0 Å². The first-order chi connectivity index (χ1) is 5.33. The van der Waals surface area contributed by atoms with Crippen LogP contribution in [0.5, 0.6) is 0 Å². The third kappa shape index (κ3) is 2.04. The second kappa shape index (κ2) is 3.88. The van der Waals surface area contributed by atoms with E-state index in [4.69, 9.17) is 9.47 Å². The third-order valence-corrected chi connectivity index (χ3v) is 2.10. The Morgan fingerprint density at radius 3 is 2.73 bits per heavy atom. The van der Waals surface area contributed by atoms with Crippen LogP contribution >= 0.6 is 0 Å². The highest BCUT2D eigenvalue weighted by Crippen LogP contribution is 2.25. The van der Waals surface area contributed by atoms with E-state index in [2.05, 4.69) is 13.5 Å². The standard InChI is InChI=1S/C9H16O2/c1-3-5-6-11-9(4-2)7-10-8-9/h3H,1,4-8H2,2H3. The Hall–Kier alpha value is -0.340. The molecule has 0 atom stereocenters. The topological polar surface area (TPSA) is 18.5 Å². The molecule has 0 spiro atoms. The van der Waals surface area contributed by atoms with Crippen molar-refractivity contribution in [3.63, 3.8) is 0 Å². The lowest BCUT2D eigenvalue weighted by Crippen LogP contribution is -2.51. The van der Waals surface area contributed by atoms with Crippen molar-refractivity contribution in [1.82, 2.24) is 0 Å². The molecule has 64 valence electrons. The molecule has 0 aliphatic carbocycles. The van der Waals surface area contributed by atoms with Crippen LogP contribution in [-0.4, -0.2) is 25.4 Å². The monoisotopic (exact) mass is 156 g/mol. The second-order valence-corrected chi connectivity index (χ2v) is 2.96. The fourth-order valence-electron chi connectivity index (χ4n) is 1.08. The summed E-state index contributed by atoms with van der Waals surface area (Å²) < 4.78 is 10.8. The van der Waals surface area contributed by atoms with Crippen molar-refractivity contribution >= 4 is 0 Å². The van der Waals surface area contributed by atoms with Gasteiger partial charge in [-0.15, -0.1) is 6.58 Å². The molecule has 2 nitrogen and oxygen atoms in total. The summed E-state index contributed by atoms with van der Waals surface area (Å²) in [7, 11) is 0. The summed E-state index contributed by atoms with van der Waals surface area (Å²) in [4.78, 5) is 0. The van der Waals surface area contributed by atoms with Crippen LogP contribution in [0.1, 0.15) is 19.8 Å². The molecular weight excluding hydrogens is 140 g/mol. The van der Waals surface area contributed by atoms with Gasteiger partial charge in [-0.25, -0.2) is 0 Å². The van der Waals surface area contributed by atoms with Crippen molar-refractivity contribution < 1.29 is 9.47 Å². The number of rotatable bonds is 5. The first-order valence-electron chi connectivity index (χ1n) is 4.15. The zero-order valence-electron chi connectivity index (χ0n) is 7.14. The van der Waals surface area contributed by atoms with E-state index in [0.29, 0.717) is 0 Å². The Labute approximate surface area is 68.2 Å². The third-order valence-electron chi connectivity index (χ3n) is 2.10.